The van der Waals surface area contributed by atoms with E-state index in [9.17, 15) is 10.5 Å². The molecule has 0 unspecified atom stereocenters. The van der Waals surface area contributed by atoms with E-state index >= 15 is 0 Å². The average molecular weight is 577 g/mol. The summed E-state index contributed by atoms with van der Waals surface area (Å²) in [6.07, 6.45) is 8.93. The zero-order chi connectivity index (χ0) is 29.3. The van der Waals surface area contributed by atoms with Crippen LogP contribution in [0.3, 0.4) is 0 Å². The van der Waals surface area contributed by atoms with E-state index in [4.69, 9.17) is 11.6 Å². The maximum absolute atomic E-state index is 9.88. The molecule has 0 amide bonds. The first-order chi connectivity index (χ1) is 20.1. The molecular weight excluding hydrogens is 544 g/mol. The van der Waals surface area contributed by atoms with E-state index < -0.39 is 5.41 Å². The summed E-state index contributed by atoms with van der Waals surface area (Å²) >= 11 is 6.82. The molecule has 2 heterocycles. The second-order valence-electron chi connectivity index (χ2n) is 13.6. The lowest BCUT2D eigenvalue weighted by Gasteiger charge is -2.61. The number of nitriles is 2. The normalized spacial score (nSPS) is 22.3. The van der Waals surface area contributed by atoms with Crippen LogP contribution in [0.5, 0.6) is 0 Å². The molecule has 4 aliphatic carbocycles. The van der Waals surface area contributed by atoms with Crippen LogP contribution in [0.1, 0.15) is 81.3 Å². The number of rotatable bonds is 8. The standard InChI is InChI=1S/C33H33ClN8/c1-31(2,3)19-38-28-22(15-35)16-37-30-25(28)10-24(11-26(30)34)39-29(21-5-4-6-23(9-21)32(18-36)7-8-32)27-17-42(41-40-27)33-12-20(13-33)14-33/h4-6,9-11,16-17,20,29,39H,7-8,12-14,19H2,1-3H3,(H,37,38)/t20?,29-,33?/m0/s1. The van der Waals surface area contributed by atoms with Crippen molar-refractivity contribution in [2.24, 2.45) is 11.3 Å². The van der Waals surface area contributed by atoms with Gasteiger partial charge in [-0.05, 0) is 66.7 Å². The van der Waals surface area contributed by atoms with Crippen LogP contribution in [0.15, 0.2) is 48.8 Å². The van der Waals surface area contributed by atoms with Gasteiger partial charge in [-0.1, -0.05) is 61.9 Å². The van der Waals surface area contributed by atoms with E-state index in [-0.39, 0.29) is 17.0 Å². The van der Waals surface area contributed by atoms with Crippen LogP contribution in [0.2, 0.25) is 5.02 Å². The lowest BCUT2D eigenvalue weighted by Crippen LogP contribution is -2.59. The molecule has 9 heteroatoms. The molecule has 0 aliphatic heterocycles. The van der Waals surface area contributed by atoms with E-state index in [0.717, 1.165) is 52.3 Å². The number of fused-ring (bicyclic) bond motifs is 1. The van der Waals surface area contributed by atoms with Crippen molar-refractivity contribution < 1.29 is 0 Å². The lowest BCUT2D eigenvalue weighted by atomic mass is 9.50. The number of anilines is 2. The quantitative estimate of drug-likeness (QED) is 0.230. The van der Waals surface area contributed by atoms with E-state index in [1.165, 1.54) is 19.3 Å². The summed E-state index contributed by atoms with van der Waals surface area (Å²) in [6, 6.07) is 16.6. The summed E-state index contributed by atoms with van der Waals surface area (Å²) in [5.41, 5.74) is 5.19. The smallest absolute Gasteiger partial charge is 0.109 e. The molecule has 2 aromatic heterocycles. The average Bonchev–Trinajstić information content (AvgIpc) is 3.59. The zero-order valence-electron chi connectivity index (χ0n) is 24.1. The Balaban J connectivity index is 1.31. The predicted octanol–water partition coefficient (Wildman–Crippen LogP) is 7.08. The van der Waals surface area contributed by atoms with Gasteiger partial charge in [0, 0.05) is 23.8 Å². The van der Waals surface area contributed by atoms with Gasteiger partial charge in [0.2, 0.25) is 0 Å². The van der Waals surface area contributed by atoms with Gasteiger partial charge >= 0.3 is 0 Å². The molecule has 2 aromatic carbocycles. The fourth-order valence-electron chi connectivity index (χ4n) is 6.43. The Morgan fingerprint density at radius 1 is 1.14 bits per heavy atom. The van der Waals surface area contributed by atoms with Crippen molar-refractivity contribution in [1.82, 2.24) is 20.0 Å². The number of hydrogen-bond acceptors (Lipinski definition) is 7. The summed E-state index contributed by atoms with van der Waals surface area (Å²) in [5.74, 6) is 0.830. The summed E-state index contributed by atoms with van der Waals surface area (Å²) < 4.78 is 2.06. The molecule has 0 spiro atoms. The van der Waals surface area contributed by atoms with E-state index in [0.29, 0.717) is 22.6 Å². The largest absolute Gasteiger partial charge is 0.383 e. The fourth-order valence-corrected chi connectivity index (χ4v) is 6.69. The molecule has 4 saturated carbocycles. The van der Waals surface area contributed by atoms with Crippen molar-refractivity contribution in [2.45, 2.75) is 69.9 Å². The molecule has 4 aliphatic rings. The highest BCUT2D eigenvalue weighted by Crippen LogP contribution is 2.62. The van der Waals surface area contributed by atoms with Gasteiger partial charge in [0.05, 0.1) is 51.1 Å². The molecule has 8 rings (SSSR count). The van der Waals surface area contributed by atoms with Crippen molar-refractivity contribution in [3.05, 3.63) is 76.2 Å². The lowest BCUT2D eigenvalue weighted by molar-refractivity contribution is -0.0989. The Morgan fingerprint density at radius 3 is 2.57 bits per heavy atom. The van der Waals surface area contributed by atoms with Crippen LogP contribution < -0.4 is 10.6 Å². The van der Waals surface area contributed by atoms with Gasteiger partial charge in [0.25, 0.3) is 0 Å². The Kier molecular flexibility index (Phi) is 6.01. The molecule has 0 radical (unpaired) electrons. The Labute approximate surface area is 250 Å². The molecule has 2 bridgehead atoms. The maximum Gasteiger partial charge on any atom is 0.109 e. The van der Waals surface area contributed by atoms with Crippen molar-refractivity contribution in [2.75, 3.05) is 17.2 Å². The fraction of sp³-hybridized carbons (Fsp3) is 0.424. The highest BCUT2D eigenvalue weighted by molar-refractivity contribution is 6.35. The first-order valence-corrected chi connectivity index (χ1v) is 15.0. The monoisotopic (exact) mass is 576 g/mol. The van der Waals surface area contributed by atoms with Gasteiger partial charge in [-0.25, -0.2) is 4.68 Å². The Morgan fingerprint density at radius 2 is 1.93 bits per heavy atom. The topological polar surface area (TPSA) is 115 Å². The van der Waals surface area contributed by atoms with Crippen molar-refractivity contribution in [3.63, 3.8) is 0 Å². The van der Waals surface area contributed by atoms with Crippen LogP contribution in [0.4, 0.5) is 11.4 Å². The van der Waals surface area contributed by atoms with E-state index in [1.54, 1.807) is 6.20 Å². The molecule has 2 N–H and O–H groups in total. The number of aromatic nitrogens is 4. The third kappa shape index (κ3) is 4.46. The summed E-state index contributed by atoms with van der Waals surface area (Å²) in [7, 11) is 0. The first-order valence-electron chi connectivity index (χ1n) is 14.6. The van der Waals surface area contributed by atoms with E-state index in [2.05, 4.69) is 81.9 Å². The summed E-state index contributed by atoms with van der Waals surface area (Å²) in [5, 5.41) is 37.4. The predicted molar refractivity (Wildman–Crippen MR) is 163 cm³/mol. The zero-order valence-corrected chi connectivity index (χ0v) is 24.8. The van der Waals surface area contributed by atoms with Gasteiger partial charge < -0.3 is 10.6 Å². The number of nitrogens with one attached hydrogen (secondary N) is 2. The van der Waals surface area contributed by atoms with Gasteiger partial charge in [-0.15, -0.1) is 5.10 Å². The van der Waals surface area contributed by atoms with Crippen LogP contribution >= 0.6 is 11.6 Å². The second kappa shape index (κ2) is 9.44. The molecule has 1 atom stereocenters. The third-order valence-electron chi connectivity index (χ3n) is 9.19. The molecule has 42 heavy (non-hydrogen) atoms. The molecule has 0 saturated heterocycles. The minimum absolute atomic E-state index is 0.00660. The second-order valence-corrected chi connectivity index (χ2v) is 14.0. The van der Waals surface area contributed by atoms with Crippen molar-refractivity contribution in [3.8, 4) is 12.1 Å². The number of hydrogen-bond donors (Lipinski definition) is 2. The molecule has 4 fully saturated rings. The van der Waals surface area contributed by atoms with Crippen LogP contribution in [-0.4, -0.2) is 26.5 Å². The van der Waals surface area contributed by atoms with E-state index in [1.807, 2.05) is 24.3 Å². The molecular formula is C33H33ClN8. The van der Waals surface area contributed by atoms with Crippen LogP contribution in [-0.2, 0) is 11.0 Å². The van der Waals surface area contributed by atoms with Crippen LogP contribution in [0, 0.1) is 34.0 Å². The minimum atomic E-state index is -0.400. The number of halogens is 1. The third-order valence-corrected chi connectivity index (χ3v) is 9.48. The van der Waals surface area contributed by atoms with Gasteiger partial charge in [-0.2, -0.15) is 10.5 Å². The molecule has 4 aromatic rings. The summed E-state index contributed by atoms with van der Waals surface area (Å²) in [4.78, 5) is 4.52. The van der Waals surface area contributed by atoms with Crippen molar-refractivity contribution >= 4 is 33.9 Å². The highest BCUT2D eigenvalue weighted by Gasteiger charge is 2.59. The molecule has 212 valence electrons. The van der Waals surface area contributed by atoms with Crippen molar-refractivity contribution in [1.29, 1.82) is 10.5 Å². The number of pyridine rings is 1. The molecule has 8 nitrogen and oxygen atoms in total. The highest BCUT2D eigenvalue weighted by atomic mass is 35.5. The number of benzene rings is 2. The maximum atomic E-state index is 9.88. The number of nitrogens with zero attached hydrogens (tertiary/aromatic N) is 6. The van der Waals surface area contributed by atoms with Gasteiger partial charge in [-0.3, -0.25) is 4.98 Å². The Bertz CT molecular complexity index is 1780. The van der Waals surface area contributed by atoms with Gasteiger partial charge in [0.1, 0.15) is 11.8 Å². The van der Waals surface area contributed by atoms with Gasteiger partial charge in [0.15, 0.2) is 0 Å². The Hall–Kier alpha value is -4.14. The SMILES string of the molecule is CC(C)(C)CNc1c(C#N)cnc2c(Cl)cc(N[C@@H](c3cccc(C4(C#N)CC4)c3)c3cn(C45CC(C4)C5)nn3)cc12. The summed E-state index contributed by atoms with van der Waals surface area (Å²) in [6.45, 7) is 7.11. The van der Waals surface area contributed by atoms with Crippen LogP contribution in [0.25, 0.3) is 10.9 Å². The first kappa shape index (κ1) is 26.7. The minimum Gasteiger partial charge on any atom is -0.383 e.